The van der Waals surface area contributed by atoms with Crippen LogP contribution in [0.3, 0.4) is 0 Å². The maximum absolute atomic E-state index is 11.7. The highest BCUT2D eigenvalue weighted by atomic mass is 16.2. The Morgan fingerprint density at radius 1 is 1.00 bits per heavy atom. The predicted octanol–water partition coefficient (Wildman–Crippen LogP) is 2.69. The first kappa shape index (κ1) is 19.4. The molecule has 0 aromatic carbocycles. The molecule has 0 aliphatic carbocycles. The summed E-state index contributed by atoms with van der Waals surface area (Å²) in [6.45, 7) is 18.6. The number of amides is 1. The third-order valence-electron chi connectivity index (χ3n) is 4.92. The van der Waals surface area contributed by atoms with E-state index in [1.165, 1.54) is 45.6 Å². The third-order valence-corrected chi connectivity index (χ3v) is 4.92. The van der Waals surface area contributed by atoms with Gasteiger partial charge in [0.2, 0.25) is 5.91 Å². The average Bonchev–Trinajstić information content (AvgIpc) is 2.57. The van der Waals surface area contributed by atoms with Gasteiger partial charge < -0.3 is 9.80 Å². The van der Waals surface area contributed by atoms with Gasteiger partial charge in [0, 0.05) is 58.3 Å². The van der Waals surface area contributed by atoms with Crippen LogP contribution in [0.4, 0.5) is 0 Å². The second-order valence-electron chi connectivity index (χ2n) is 6.61. The predicted molar refractivity (Wildman–Crippen MR) is 94.1 cm³/mol. The Hall–Kier alpha value is -0.610. The van der Waals surface area contributed by atoms with Crippen molar-refractivity contribution in [3.05, 3.63) is 0 Å². The van der Waals surface area contributed by atoms with E-state index in [1.54, 1.807) is 0 Å². The highest BCUT2D eigenvalue weighted by Crippen LogP contribution is 2.20. The Balaban J connectivity index is 0.00000116. The molecule has 0 spiro atoms. The maximum Gasteiger partial charge on any atom is 0.222 e. The SMILES string of the molecule is CC.CCC(=O)N1CCC(CN2CCN(C(C)C)CC2)CC1. The summed E-state index contributed by atoms with van der Waals surface area (Å²) in [5.74, 6) is 1.12. The lowest BCUT2D eigenvalue weighted by molar-refractivity contribution is -0.132. The van der Waals surface area contributed by atoms with Crippen LogP contribution in [0, 0.1) is 5.92 Å². The molecule has 2 aliphatic rings. The number of likely N-dealkylation sites (tertiary alicyclic amines) is 1. The summed E-state index contributed by atoms with van der Waals surface area (Å²) in [5.41, 5.74) is 0. The van der Waals surface area contributed by atoms with Crippen molar-refractivity contribution < 1.29 is 4.79 Å². The lowest BCUT2D eigenvalue weighted by Crippen LogP contribution is -2.50. The minimum atomic E-state index is 0.328. The number of hydrogen-bond donors (Lipinski definition) is 0. The van der Waals surface area contributed by atoms with Gasteiger partial charge in [0.15, 0.2) is 0 Å². The molecule has 2 aliphatic heterocycles. The first-order valence-corrected chi connectivity index (χ1v) is 9.34. The normalized spacial score (nSPS) is 21.6. The molecule has 0 saturated carbocycles. The summed E-state index contributed by atoms with van der Waals surface area (Å²) < 4.78 is 0. The van der Waals surface area contributed by atoms with Crippen molar-refractivity contribution in [3.63, 3.8) is 0 Å². The van der Waals surface area contributed by atoms with Gasteiger partial charge in [0.05, 0.1) is 0 Å². The van der Waals surface area contributed by atoms with E-state index >= 15 is 0 Å². The van der Waals surface area contributed by atoms with Crippen molar-refractivity contribution in [1.29, 1.82) is 0 Å². The lowest BCUT2D eigenvalue weighted by Gasteiger charge is -2.40. The molecule has 0 unspecified atom stereocenters. The summed E-state index contributed by atoms with van der Waals surface area (Å²) in [6.07, 6.45) is 3.04. The van der Waals surface area contributed by atoms with E-state index in [-0.39, 0.29) is 0 Å². The van der Waals surface area contributed by atoms with Crippen LogP contribution >= 0.6 is 0 Å². The molecule has 2 rings (SSSR count). The van der Waals surface area contributed by atoms with Gasteiger partial charge in [0.25, 0.3) is 0 Å². The van der Waals surface area contributed by atoms with E-state index < -0.39 is 0 Å². The van der Waals surface area contributed by atoms with Gasteiger partial charge in [-0.2, -0.15) is 0 Å². The number of carbonyl (C=O) groups excluding carboxylic acids is 1. The second-order valence-corrected chi connectivity index (χ2v) is 6.61. The molecule has 0 aromatic rings. The van der Waals surface area contributed by atoms with Gasteiger partial charge in [-0.3, -0.25) is 9.69 Å². The van der Waals surface area contributed by atoms with Crippen molar-refractivity contribution in [3.8, 4) is 0 Å². The molecule has 0 N–H and O–H groups in total. The standard InChI is InChI=1S/C16H31N3O.C2H6/c1-4-16(20)19-7-5-15(6-8-19)13-17-9-11-18(12-10-17)14(2)3;1-2/h14-15H,4-13H2,1-3H3;1-2H3. The minimum absolute atomic E-state index is 0.328. The Labute approximate surface area is 137 Å². The molecule has 0 atom stereocenters. The Bertz CT molecular complexity index is 303. The molecule has 22 heavy (non-hydrogen) atoms. The van der Waals surface area contributed by atoms with Crippen LogP contribution in [0.15, 0.2) is 0 Å². The Morgan fingerprint density at radius 3 is 2.00 bits per heavy atom. The molecule has 0 radical (unpaired) electrons. The second kappa shape index (κ2) is 10.2. The van der Waals surface area contributed by atoms with E-state index in [1.807, 2.05) is 25.7 Å². The largest absolute Gasteiger partial charge is 0.343 e. The number of piperazine rings is 1. The van der Waals surface area contributed by atoms with E-state index in [2.05, 4.69) is 23.6 Å². The van der Waals surface area contributed by atoms with Gasteiger partial charge in [-0.1, -0.05) is 20.8 Å². The van der Waals surface area contributed by atoms with Crippen LogP contribution in [-0.2, 0) is 4.79 Å². The molecule has 130 valence electrons. The molecule has 2 fully saturated rings. The fourth-order valence-corrected chi connectivity index (χ4v) is 3.42. The van der Waals surface area contributed by atoms with Crippen LogP contribution in [-0.4, -0.2) is 72.5 Å². The van der Waals surface area contributed by atoms with Crippen molar-refractivity contribution in [2.75, 3.05) is 45.8 Å². The smallest absolute Gasteiger partial charge is 0.222 e. The number of rotatable bonds is 4. The third kappa shape index (κ3) is 5.88. The molecular weight excluding hydrogens is 274 g/mol. The lowest BCUT2D eigenvalue weighted by atomic mass is 9.95. The molecule has 0 bridgehead atoms. The first-order valence-electron chi connectivity index (χ1n) is 9.34. The molecular formula is C18H37N3O. The van der Waals surface area contributed by atoms with Crippen LogP contribution in [0.1, 0.15) is 53.9 Å². The first-order chi connectivity index (χ1) is 10.6. The van der Waals surface area contributed by atoms with Crippen LogP contribution in [0.2, 0.25) is 0 Å². The van der Waals surface area contributed by atoms with Crippen molar-refractivity contribution in [2.24, 2.45) is 5.92 Å². The number of hydrogen-bond acceptors (Lipinski definition) is 3. The van der Waals surface area contributed by atoms with Gasteiger partial charge in [-0.25, -0.2) is 0 Å². The van der Waals surface area contributed by atoms with Gasteiger partial charge in [-0.15, -0.1) is 0 Å². The zero-order valence-corrected chi connectivity index (χ0v) is 15.5. The fourth-order valence-electron chi connectivity index (χ4n) is 3.42. The summed E-state index contributed by atoms with van der Waals surface area (Å²) in [7, 11) is 0. The highest BCUT2D eigenvalue weighted by molar-refractivity contribution is 5.75. The molecule has 4 heteroatoms. The van der Waals surface area contributed by atoms with Gasteiger partial charge >= 0.3 is 0 Å². The van der Waals surface area contributed by atoms with Crippen LogP contribution < -0.4 is 0 Å². The molecule has 0 aromatic heterocycles. The zero-order valence-electron chi connectivity index (χ0n) is 15.5. The number of nitrogens with zero attached hydrogens (tertiary/aromatic N) is 3. The van der Waals surface area contributed by atoms with E-state index in [9.17, 15) is 4.79 Å². The summed E-state index contributed by atoms with van der Waals surface area (Å²) >= 11 is 0. The minimum Gasteiger partial charge on any atom is -0.343 e. The molecule has 1 amide bonds. The summed E-state index contributed by atoms with van der Waals surface area (Å²) in [6, 6.07) is 0.681. The molecule has 4 nitrogen and oxygen atoms in total. The monoisotopic (exact) mass is 311 g/mol. The Kier molecular flexibility index (Phi) is 9.03. The van der Waals surface area contributed by atoms with Crippen LogP contribution in [0.25, 0.3) is 0 Å². The summed E-state index contributed by atoms with van der Waals surface area (Å²) in [4.78, 5) is 18.9. The number of piperidine rings is 1. The summed E-state index contributed by atoms with van der Waals surface area (Å²) in [5, 5.41) is 0. The van der Waals surface area contributed by atoms with Crippen molar-refractivity contribution in [1.82, 2.24) is 14.7 Å². The maximum atomic E-state index is 11.7. The average molecular weight is 312 g/mol. The number of carbonyl (C=O) groups is 1. The van der Waals surface area contributed by atoms with E-state index in [4.69, 9.17) is 0 Å². The van der Waals surface area contributed by atoms with E-state index in [0.717, 1.165) is 19.0 Å². The van der Waals surface area contributed by atoms with Crippen molar-refractivity contribution in [2.45, 2.75) is 59.9 Å². The molecule has 2 heterocycles. The topological polar surface area (TPSA) is 26.8 Å². The van der Waals surface area contributed by atoms with Crippen LogP contribution in [0.5, 0.6) is 0 Å². The highest BCUT2D eigenvalue weighted by Gasteiger charge is 2.25. The van der Waals surface area contributed by atoms with Gasteiger partial charge in [-0.05, 0) is 32.6 Å². The quantitative estimate of drug-likeness (QED) is 0.799. The van der Waals surface area contributed by atoms with E-state index in [0.29, 0.717) is 18.4 Å². The van der Waals surface area contributed by atoms with Gasteiger partial charge in [0.1, 0.15) is 0 Å². The fraction of sp³-hybridized carbons (Fsp3) is 0.944. The zero-order chi connectivity index (χ0) is 16.5. The van der Waals surface area contributed by atoms with Crippen molar-refractivity contribution >= 4 is 5.91 Å². The molecule has 2 saturated heterocycles. The Morgan fingerprint density at radius 2 is 1.55 bits per heavy atom.